The number of ether oxygens (including phenoxy) is 4. The Morgan fingerprint density at radius 1 is 0.842 bits per heavy atom. The number of benzene rings is 3. The molecule has 1 heterocycles. The lowest BCUT2D eigenvalue weighted by molar-refractivity contribution is -0.140. The fourth-order valence-corrected chi connectivity index (χ4v) is 4.46. The number of carbonyl (C=O) groups excluding carboxylic acids is 2. The monoisotopic (exact) mass is 517 g/mol. The van der Waals surface area contributed by atoms with Gasteiger partial charge in [0.2, 0.25) is 0 Å². The van der Waals surface area contributed by atoms with E-state index in [1.165, 1.54) is 19.1 Å². The Morgan fingerprint density at radius 2 is 1.45 bits per heavy atom. The third-order valence-corrected chi connectivity index (χ3v) is 6.28. The van der Waals surface area contributed by atoms with Crippen LogP contribution in [0.5, 0.6) is 23.0 Å². The molecule has 38 heavy (non-hydrogen) atoms. The van der Waals surface area contributed by atoms with Crippen LogP contribution in [-0.2, 0) is 16.1 Å². The predicted molar refractivity (Wildman–Crippen MR) is 143 cm³/mol. The molecule has 1 atom stereocenters. The molecule has 1 aliphatic heterocycles. The van der Waals surface area contributed by atoms with Gasteiger partial charge in [-0.1, -0.05) is 24.3 Å². The van der Waals surface area contributed by atoms with Crippen molar-refractivity contribution >= 4 is 17.4 Å². The number of methoxy groups -OCH3 is 3. The summed E-state index contributed by atoms with van der Waals surface area (Å²) in [6.45, 7) is 4.01. The maximum absolute atomic E-state index is 13.4. The number of aliphatic hydroxyl groups is 1. The number of amides is 1. The average molecular weight is 518 g/mol. The summed E-state index contributed by atoms with van der Waals surface area (Å²) in [5, 5.41) is 11.5. The second kappa shape index (κ2) is 11.3. The van der Waals surface area contributed by atoms with Gasteiger partial charge >= 0.3 is 0 Å². The maximum atomic E-state index is 13.4. The fraction of sp³-hybridized carbons (Fsp3) is 0.267. The summed E-state index contributed by atoms with van der Waals surface area (Å²) in [6, 6.07) is 18.5. The number of aliphatic hydroxyl groups excluding tert-OH is 1. The topological polar surface area (TPSA) is 94.5 Å². The standard InChI is InChI=1S/C30H31NO7/c1-18(2)38-22-12-8-20(9-13-22)27-26(28(32)24-16-23(36-4)14-15-25(24)37-5)29(33)30(34)31(27)17-19-6-10-21(35-3)11-7-19/h6-16,18,27,32H,17H2,1-5H3/b28-26+. The SMILES string of the molecule is COc1ccc(CN2C(=O)C(=O)/C(=C(/O)c3cc(OC)ccc3OC)C2c2ccc(OC(C)C)cc2)cc1. The Balaban J connectivity index is 1.85. The number of rotatable bonds is 9. The van der Waals surface area contributed by atoms with E-state index in [0.29, 0.717) is 28.6 Å². The van der Waals surface area contributed by atoms with Crippen LogP contribution in [0, 0.1) is 0 Å². The Labute approximate surface area is 222 Å². The first-order valence-corrected chi connectivity index (χ1v) is 12.2. The van der Waals surface area contributed by atoms with Gasteiger partial charge in [0.25, 0.3) is 11.7 Å². The summed E-state index contributed by atoms with van der Waals surface area (Å²) in [4.78, 5) is 28.3. The van der Waals surface area contributed by atoms with Gasteiger partial charge < -0.3 is 29.0 Å². The molecule has 0 aromatic heterocycles. The second-order valence-corrected chi connectivity index (χ2v) is 9.08. The first-order valence-electron chi connectivity index (χ1n) is 12.2. The summed E-state index contributed by atoms with van der Waals surface area (Å²) >= 11 is 0. The fourth-order valence-electron chi connectivity index (χ4n) is 4.46. The number of nitrogens with zero attached hydrogens (tertiary/aromatic N) is 1. The van der Waals surface area contributed by atoms with E-state index in [-0.39, 0.29) is 29.5 Å². The van der Waals surface area contributed by atoms with E-state index >= 15 is 0 Å². The van der Waals surface area contributed by atoms with Crippen LogP contribution in [-0.4, -0.2) is 49.1 Å². The Kier molecular flexibility index (Phi) is 7.90. The van der Waals surface area contributed by atoms with E-state index in [4.69, 9.17) is 18.9 Å². The molecule has 3 aromatic rings. The zero-order valence-corrected chi connectivity index (χ0v) is 22.1. The minimum absolute atomic E-state index is 0.0120. The van der Waals surface area contributed by atoms with Crippen LogP contribution < -0.4 is 18.9 Å². The van der Waals surface area contributed by atoms with E-state index in [1.807, 2.05) is 26.0 Å². The molecular formula is C30H31NO7. The molecule has 1 amide bonds. The van der Waals surface area contributed by atoms with E-state index < -0.39 is 17.7 Å². The van der Waals surface area contributed by atoms with Crippen LogP contribution in [0.2, 0.25) is 0 Å². The molecule has 4 rings (SSSR count). The maximum Gasteiger partial charge on any atom is 0.295 e. The summed E-state index contributed by atoms with van der Waals surface area (Å²) in [5.74, 6) is 0.299. The van der Waals surface area contributed by atoms with Gasteiger partial charge in [0.15, 0.2) is 0 Å². The molecule has 1 fully saturated rings. The molecule has 8 heteroatoms. The van der Waals surface area contributed by atoms with Gasteiger partial charge in [-0.3, -0.25) is 9.59 Å². The van der Waals surface area contributed by atoms with Gasteiger partial charge in [-0.05, 0) is 67.4 Å². The molecule has 0 bridgehead atoms. The van der Waals surface area contributed by atoms with Crippen molar-refractivity contribution in [2.45, 2.75) is 32.5 Å². The molecular weight excluding hydrogens is 486 g/mol. The van der Waals surface area contributed by atoms with Crippen molar-refractivity contribution in [3.8, 4) is 23.0 Å². The number of Topliss-reactive ketones (excluding diaryl/α,β-unsaturated/α-hetero) is 1. The van der Waals surface area contributed by atoms with Crippen molar-refractivity contribution in [2.24, 2.45) is 0 Å². The smallest absolute Gasteiger partial charge is 0.295 e. The molecule has 1 aliphatic rings. The molecule has 8 nitrogen and oxygen atoms in total. The van der Waals surface area contributed by atoms with E-state index in [0.717, 1.165) is 5.56 Å². The van der Waals surface area contributed by atoms with Crippen molar-refractivity contribution < 1.29 is 33.6 Å². The lowest BCUT2D eigenvalue weighted by Gasteiger charge is -2.26. The van der Waals surface area contributed by atoms with Gasteiger partial charge in [-0.25, -0.2) is 0 Å². The third-order valence-electron chi connectivity index (χ3n) is 6.28. The van der Waals surface area contributed by atoms with Crippen molar-refractivity contribution in [3.63, 3.8) is 0 Å². The Hall–Kier alpha value is -4.46. The summed E-state index contributed by atoms with van der Waals surface area (Å²) in [6.07, 6.45) is -0.0120. The summed E-state index contributed by atoms with van der Waals surface area (Å²) in [7, 11) is 4.54. The van der Waals surface area contributed by atoms with Gasteiger partial charge in [0, 0.05) is 6.54 Å². The number of carbonyl (C=O) groups is 2. The van der Waals surface area contributed by atoms with Crippen LogP contribution >= 0.6 is 0 Å². The molecule has 3 aromatic carbocycles. The van der Waals surface area contributed by atoms with Crippen molar-refractivity contribution in [2.75, 3.05) is 21.3 Å². The largest absolute Gasteiger partial charge is 0.507 e. The molecule has 0 aliphatic carbocycles. The number of ketones is 1. The van der Waals surface area contributed by atoms with E-state index in [1.54, 1.807) is 61.7 Å². The zero-order valence-electron chi connectivity index (χ0n) is 22.1. The molecule has 1 unspecified atom stereocenters. The molecule has 0 saturated carbocycles. The molecule has 1 saturated heterocycles. The first-order chi connectivity index (χ1) is 18.3. The van der Waals surface area contributed by atoms with Gasteiger partial charge in [-0.2, -0.15) is 0 Å². The number of hydrogen-bond acceptors (Lipinski definition) is 7. The van der Waals surface area contributed by atoms with Crippen LogP contribution in [0.3, 0.4) is 0 Å². The highest BCUT2D eigenvalue weighted by molar-refractivity contribution is 6.46. The van der Waals surface area contributed by atoms with Gasteiger partial charge in [0.05, 0.1) is 44.6 Å². The molecule has 0 radical (unpaired) electrons. The third kappa shape index (κ3) is 5.29. The van der Waals surface area contributed by atoms with Crippen LogP contribution in [0.15, 0.2) is 72.3 Å². The predicted octanol–water partition coefficient (Wildman–Crippen LogP) is 5.12. The number of hydrogen-bond donors (Lipinski definition) is 1. The quantitative estimate of drug-likeness (QED) is 0.239. The number of likely N-dealkylation sites (tertiary alicyclic amines) is 1. The minimum atomic E-state index is -0.846. The summed E-state index contributed by atoms with van der Waals surface area (Å²) < 4.78 is 21.8. The zero-order chi connectivity index (χ0) is 27.4. The summed E-state index contributed by atoms with van der Waals surface area (Å²) in [5.41, 5.74) is 1.67. The normalized spacial score (nSPS) is 16.6. The van der Waals surface area contributed by atoms with Crippen LogP contribution in [0.4, 0.5) is 0 Å². The Morgan fingerprint density at radius 3 is 2.03 bits per heavy atom. The highest BCUT2D eigenvalue weighted by Gasteiger charge is 2.46. The van der Waals surface area contributed by atoms with E-state index in [2.05, 4.69) is 0 Å². The van der Waals surface area contributed by atoms with Gasteiger partial charge in [-0.15, -0.1) is 0 Å². The van der Waals surface area contributed by atoms with Crippen LogP contribution in [0.1, 0.15) is 36.6 Å². The lowest BCUT2D eigenvalue weighted by Crippen LogP contribution is -2.29. The highest BCUT2D eigenvalue weighted by Crippen LogP contribution is 2.42. The highest BCUT2D eigenvalue weighted by atomic mass is 16.5. The van der Waals surface area contributed by atoms with Crippen molar-refractivity contribution in [1.29, 1.82) is 0 Å². The second-order valence-electron chi connectivity index (χ2n) is 9.08. The molecule has 0 spiro atoms. The van der Waals surface area contributed by atoms with Crippen molar-refractivity contribution in [1.82, 2.24) is 4.90 Å². The van der Waals surface area contributed by atoms with Gasteiger partial charge in [0.1, 0.15) is 28.8 Å². The average Bonchev–Trinajstić information content (AvgIpc) is 3.17. The van der Waals surface area contributed by atoms with Crippen molar-refractivity contribution in [3.05, 3.63) is 89.0 Å². The molecule has 1 N–H and O–H groups in total. The minimum Gasteiger partial charge on any atom is -0.507 e. The molecule has 198 valence electrons. The first kappa shape index (κ1) is 26.6. The lowest BCUT2D eigenvalue weighted by atomic mass is 9.94. The van der Waals surface area contributed by atoms with Crippen LogP contribution in [0.25, 0.3) is 5.76 Å². The Bertz CT molecular complexity index is 1340. The van der Waals surface area contributed by atoms with E-state index in [9.17, 15) is 14.7 Å².